The van der Waals surface area contributed by atoms with E-state index in [4.69, 9.17) is 10.00 Å². The number of carbonyl (C=O) groups is 2. The van der Waals surface area contributed by atoms with Crippen molar-refractivity contribution in [3.8, 4) is 6.07 Å². The van der Waals surface area contributed by atoms with E-state index in [1.54, 1.807) is 48.2 Å². The molecule has 2 rings (SSSR count). The third-order valence-corrected chi connectivity index (χ3v) is 5.13. The Morgan fingerprint density at radius 2 is 1.90 bits per heavy atom. The molecule has 0 aliphatic rings. The number of unbranched alkanes of at least 4 members (excludes halogenated alkanes) is 3. The van der Waals surface area contributed by atoms with Gasteiger partial charge in [0.15, 0.2) is 0 Å². The number of methoxy groups -OCH3 is 1. The van der Waals surface area contributed by atoms with Crippen LogP contribution in [0.3, 0.4) is 0 Å². The van der Waals surface area contributed by atoms with E-state index < -0.39 is 5.97 Å². The Morgan fingerprint density at radius 3 is 2.53 bits per heavy atom. The first kappa shape index (κ1) is 23.1. The van der Waals surface area contributed by atoms with Crippen LogP contribution in [0.2, 0.25) is 0 Å². The van der Waals surface area contributed by atoms with Crippen molar-refractivity contribution in [3.05, 3.63) is 58.9 Å². The van der Waals surface area contributed by atoms with Crippen LogP contribution in [0.5, 0.6) is 0 Å². The first-order valence-corrected chi connectivity index (χ1v) is 10.3. The summed E-state index contributed by atoms with van der Waals surface area (Å²) in [7, 11) is 1.32. The lowest BCUT2D eigenvalue weighted by atomic mass is 10.0. The lowest BCUT2D eigenvalue weighted by molar-refractivity contribution is 0.0601. The predicted octanol–water partition coefficient (Wildman–Crippen LogP) is 5.05. The minimum absolute atomic E-state index is 0.141. The third kappa shape index (κ3) is 5.44. The maximum atomic E-state index is 13.5. The highest BCUT2D eigenvalue weighted by Crippen LogP contribution is 2.27. The van der Waals surface area contributed by atoms with Gasteiger partial charge in [-0.1, -0.05) is 44.7 Å². The number of anilines is 1. The first-order valence-electron chi connectivity index (χ1n) is 10.3. The number of aryl methyl sites for hydroxylation is 1. The second-order valence-corrected chi connectivity index (χ2v) is 7.32. The summed E-state index contributed by atoms with van der Waals surface area (Å²) in [5.74, 6) is -0.799. The minimum Gasteiger partial charge on any atom is -0.465 e. The molecular formula is C24H29N3O3. The van der Waals surface area contributed by atoms with Crippen LogP contribution in [-0.4, -0.2) is 30.0 Å². The number of benzene rings is 1. The molecule has 0 saturated carbocycles. The Morgan fingerprint density at radius 1 is 1.17 bits per heavy atom. The van der Waals surface area contributed by atoms with Gasteiger partial charge in [-0.25, -0.2) is 9.78 Å². The van der Waals surface area contributed by atoms with Gasteiger partial charge in [0.2, 0.25) is 0 Å². The highest BCUT2D eigenvalue weighted by atomic mass is 16.5. The number of nitriles is 1. The van der Waals surface area contributed by atoms with Crippen molar-refractivity contribution in [1.82, 2.24) is 4.98 Å². The monoisotopic (exact) mass is 407 g/mol. The fraction of sp³-hybridized carbons (Fsp3) is 0.417. The van der Waals surface area contributed by atoms with Crippen LogP contribution >= 0.6 is 0 Å². The zero-order valence-corrected chi connectivity index (χ0v) is 18.1. The van der Waals surface area contributed by atoms with Crippen molar-refractivity contribution >= 4 is 17.6 Å². The lowest BCUT2D eigenvalue weighted by Gasteiger charge is -2.30. The van der Waals surface area contributed by atoms with Crippen LogP contribution in [0.1, 0.15) is 78.1 Å². The van der Waals surface area contributed by atoms with Crippen molar-refractivity contribution in [2.75, 3.05) is 12.0 Å². The Bertz CT molecular complexity index is 934. The second-order valence-electron chi connectivity index (χ2n) is 7.32. The average molecular weight is 408 g/mol. The van der Waals surface area contributed by atoms with Gasteiger partial charge >= 0.3 is 5.97 Å². The van der Waals surface area contributed by atoms with Gasteiger partial charge in [0.25, 0.3) is 5.91 Å². The van der Waals surface area contributed by atoms with Crippen molar-refractivity contribution in [1.29, 1.82) is 5.26 Å². The molecule has 0 unspecified atom stereocenters. The van der Waals surface area contributed by atoms with E-state index in [-0.39, 0.29) is 17.6 Å². The standard InChI is InChI=1S/C24H29N3O3/c1-5-6-7-8-11-17(2)27(22-13-10-9-12-20(22)24(29)30-4)23(28)21-15-14-19(16-25)18(3)26-21/h9-10,12-15,17H,5-8,11H2,1-4H3/t17-/m1/s1. The molecule has 1 aromatic carbocycles. The summed E-state index contributed by atoms with van der Waals surface area (Å²) in [4.78, 5) is 31.8. The molecule has 1 atom stereocenters. The van der Waals surface area contributed by atoms with Crippen molar-refractivity contribution in [2.24, 2.45) is 0 Å². The molecule has 0 aliphatic heterocycles. The maximum Gasteiger partial charge on any atom is 0.339 e. The van der Waals surface area contributed by atoms with Gasteiger partial charge in [-0.15, -0.1) is 0 Å². The number of nitrogens with zero attached hydrogens (tertiary/aromatic N) is 3. The number of hydrogen-bond acceptors (Lipinski definition) is 5. The topological polar surface area (TPSA) is 83.3 Å². The number of carbonyl (C=O) groups excluding carboxylic acids is 2. The molecule has 0 radical (unpaired) electrons. The average Bonchev–Trinajstić information content (AvgIpc) is 2.76. The number of ether oxygens (including phenoxy) is 1. The first-order chi connectivity index (χ1) is 14.4. The molecule has 158 valence electrons. The highest BCUT2D eigenvalue weighted by molar-refractivity contribution is 6.09. The van der Waals surface area contributed by atoms with Crippen LogP contribution in [0.4, 0.5) is 5.69 Å². The third-order valence-electron chi connectivity index (χ3n) is 5.13. The lowest BCUT2D eigenvalue weighted by Crippen LogP contribution is -2.40. The summed E-state index contributed by atoms with van der Waals surface area (Å²) in [6.45, 7) is 5.84. The molecule has 0 saturated heterocycles. The van der Waals surface area contributed by atoms with E-state index in [1.165, 1.54) is 7.11 Å². The van der Waals surface area contributed by atoms with Gasteiger partial charge < -0.3 is 9.64 Å². The van der Waals surface area contributed by atoms with Gasteiger partial charge in [-0.2, -0.15) is 5.26 Å². The molecule has 1 heterocycles. The van der Waals surface area contributed by atoms with Gasteiger partial charge in [0, 0.05) is 6.04 Å². The molecule has 6 heteroatoms. The van der Waals surface area contributed by atoms with Crippen molar-refractivity contribution in [2.45, 2.75) is 58.9 Å². The number of rotatable bonds is 9. The van der Waals surface area contributed by atoms with Gasteiger partial charge in [0.05, 0.1) is 29.6 Å². The summed E-state index contributed by atoms with van der Waals surface area (Å²) in [5.41, 5.74) is 2.01. The van der Waals surface area contributed by atoms with Crippen molar-refractivity contribution < 1.29 is 14.3 Å². The molecule has 0 fully saturated rings. The van der Waals surface area contributed by atoms with Gasteiger partial charge in [-0.3, -0.25) is 4.79 Å². The smallest absolute Gasteiger partial charge is 0.339 e. The summed E-state index contributed by atoms with van der Waals surface area (Å²) in [5, 5.41) is 9.15. The highest BCUT2D eigenvalue weighted by Gasteiger charge is 2.28. The van der Waals surface area contributed by atoms with E-state index in [0.29, 0.717) is 22.5 Å². The molecule has 0 bridgehead atoms. The second kappa shape index (κ2) is 11.1. The molecular weight excluding hydrogens is 378 g/mol. The van der Waals surface area contributed by atoms with Crippen LogP contribution in [-0.2, 0) is 4.74 Å². The predicted molar refractivity (Wildman–Crippen MR) is 117 cm³/mol. The Balaban J connectivity index is 2.47. The molecule has 0 N–H and O–H groups in total. The van der Waals surface area contributed by atoms with Gasteiger partial charge in [0.1, 0.15) is 11.8 Å². The van der Waals surface area contributed by atoms with Crippen LogP contribution < -0.4 is 4.90 Å². The normalized spacial score (nSPS) is 11.4. The zero-order chi connectivity index (χ0) is 22.1. The van der Waals surface area contributed by atoms with E-state index in [2.05, 4.69) is 18.0 Å². The Kier molecular flexibility index (Phi) is 8.54. The number of amides is 1. The SMILES string of the molecule is CCCCCC[C@@H](C)N(C(=O)c1ccc(C#N)c(C)n1)c1ccccc1C(=O)OC. The fourth-order valence-corrected chi connectivity index (χ4v) is 3.43. The van der Waals surface area contributed by atoms with Gasteiger partial charge in [-0.05, 0) is 44.5 Å². The van der Waals surface area contributed by atoms with Crippen molar-refractivity contribution in [3.63, 3.8) is 0 Å². The summed E-state index contributed by atoms with van der Waals surface area (Å²) < 4.78 is 4.93. The number of para-hydroxylation sites is 1. The molecule has 0 spiro atoms. The van der Waals surface area contributed by atoms with E-state index in [0.717, 1.165) is 32.1 Å². The van der Waals surface area contributed by atoms with Crippen LogP contribution in [0.15, 0.2) is 36.4 Å². The van der Waals surface area contributed by atoms with E-state index in [9.17, 15) is 9.59 Å². The number of esters is 1. The Labute approximate surface area is 178 Å². The molecule has 6 nitrogen and oxygen atoms in total. The fourth-order valence-electron chi connectivity index (χ4n) is 3.43. The number of pyridine rings is 1. The maximum absolute atomic E-state index is 13.5. The minimum atomic E-state index is -0.495. The van der Waals surface area contributed by atoms with Crippen LogP contribution in [0, 0.1) is 18.3 Å². The number of aromatic nitrogens is 1. The van der Waals surface area contributed by atoms with E-state index in [1.807, 2.05) is 6.92 Å². The quantitative estimate of drug-likeness (QED) is 0.429. The molecule has 0 aliphatic carbocycles. The zero-order valence-electron chi connectivity index (χ0n) is 18.1. The molecule has 2 aromatic rings. The number of hydrogen-bond donors (Lipinski definition) is 0. The molecule has 30 heavy (non-hydrogen) atoms. The Hall–Kier alpha value is -3.20. The largest absolute Gasteiger partial charge is 0.465 e. The molecule has 1 amide bonds. The molecule has 1 aromatic heterocycles. The summed E-state index contributed by atoms with van der Waals surface area (Å²) >= 11 is 0. The van der Waals surface area contributed by atoms with E-state index >= 15 is 0 Å². The van der Waals surface area contributed by atoms with Crippen LogP contribution in [0.25, 0.3) is 0 Å². The summed E-state index contributed by atoms with van der Waals surface area (Å²) in [6, 6.07) is 12.0. The summed E-state index contributed by atoms with van der Waals surface area (Å²) in [6.07, 6.45) is 5.16.